The molecule has 0 amide bonds. The Morgan fingerprint density at radius 1 is 1.57 bits per heavy atom. The van der Waals surface area contributed by atoms with Gasteiger partial charge in [0.05, 0.1) is 17.5 Å². The number of sulfone groups is 1. The maximum absolute atomic E-state index is 11.1. The van der Waals surface area contributed by atoms with Gasteiger partial charge in [-0.2, -0.15) is 0 Å². The van der Waals surface area contributed by atoms with Crippen molar-refractivity contribution in [1.82, 2.24) is 0 Å². The average Bonchev–Trinajstić information content (AvgIpc) is 2.70. The van der Waals surface area contributed by atoms with E-state index in [9.17, 15) is 8.42 Å². The largest absolute Gasteiger partial charge is 0.287 e. The van der Waals surface area contributed by atoms with Crippen LogP contribution in [0.25, 0.3) is 0 Å². The van der Waals surface area contributed by atoms with Crippen LogP contribution in [0, 0.1) is 0 Å². The zero-order valence-electron chi connectivity index (χ0n) is 7.59. The summed E-state index contributed by atoms with van der Waals surface area (Å²) in [6.45, 7) is 0. The molecule has 2 heterocycles. The quantitative estimate of drug-likeness (QED) is 0.719. The summed E-state index contributed by atoms with van der Waals surface area (Å²) in [4.78, 5) is 5.35. The van der Waals surface area contributed by atoms with E-state index < -0.39 is 9.84 Å². The summed E-state index contributed by atoms with van der Waals surface area (Å²) in [6, 6.07) is 3.90. The van der Waals surface area contributed by atoms with Gasteiger partial charge in [0.25, 0.3) is 0 Å². The van der Waals surface area contributed by atoms with E-state index in [1.807, 2.05) is 17.5 Å². The second-order valence-electron chi connectivity index (χ2n) is 3.35. The van der Waals surface area contributed by atoms with E-state index in [-0.39, 0.29) is 11.8 Å². The Morgan fingerprint density at radius 2 is 2.43 bits per heavy atom. The molecule has 0 spiro atoms. The van der Waals surface area contributed by atoms with Gasteiger partial charge in [0.15, 0.2) is 9.84 Å². The van der Waals surface area contributed by atoms with Crippen LogP contribution >= 0.6 is 11.3 Å². The van der Waals surface area contributed by atoms with Crippen LogP contribution < -0.4 is 0 Å². The molecule has 1 fully saturated rings. The first-order chi connectivity index (χ1) is 6.66. The van der Waals surface area contributed by atoms with Gasteiger partial charge in [-0.15, -0.1) is 11.3 Å². The van der Waals surface area contributed by atoms with Gasteiger partial charge in [0.1, 0.15) is 0 Å². The van der Waals surface area contributed by atoms with Crippen molar-refractivity contribution in [3.63, 3.8) is 0 Å². The Bertz CT molecular complexity index is 420. The molecule has 14 heavy (non-hydrogen) atoms. The third kappa shape index (κ3) is 2.42. The molecule has 0 N–H and O–H groups in total. The van der Waals surface area contributed by atoms with Crippen LogP contribution in [0.3, 0.4) is 0 Å². The molecule has 0 aliphatic carbocycles. The normalized spacial score (nSPS) is 25.9. The van der Waals surface area contributed by atoms with E-state index in [1.165, 1.54) is 0 Å². The Hall–Kier alpha value is -0.680. The molecule has 76 valence electrons. The molecule has 0 bridgehead atoms. The lowest BCUT2D eigenvalue weighted by Crippen LogP contribution is -2.07. The van der Waals surface area contributed by atoms with E-state index in [1.54, 1.807) is 17.6 Å². The molecule has 0 unspecified atom stereocenters. The highest BCUT2D eigenvalue weighted by atomic mass is 32.2. The zero-order chi connectivity index (χ0) is 10.0. The molecule has 0 aromatic carbocycles. The molecule has 1 aliphatic heterocycles. The van der Waals surface area contributed by atoms with Crippen LogP contribution in [0.2, 0.25) is 0 Å². The van der Waals surface area contributed by atoms with Crippen LogP contribution in [-0.2, 0) is 9.84 Å². The highest BCUT2D eigenvalue weighted by Gasteiger charge is 2.26. The molecule has 2 rings (SSSR count). The van der Waals surface area contributed by atoms with Crippen LogP contribution in [0.15, 0.2) is 22.5 Å². The van der Waals surface area contributed by atoms with Crippen molar-refractivity contribution in [2.75, 3.05) is 11.5 Å². The molecule has 5 heteroatoms. The molecule has 0 saturated carbocycles. The minimum atomic E-state index is -2.80. The molecule has 1 atom stereocenters. The first-order valence-electron chi connectivity index (χ1n) is 4.43. The molecular formula is C9H11NO2S2. The van der Waals surface area contributed by atoms with E-state index >= 15 is 0 Å². The maximum Gasteiger partial charge on any atom is 0.152 e. The minimum absolute atomic E-state index is 0.0258. The molecule has 1 aliphatic rings. The van der Waals surface area contributed by atoms with Crippen molar-refractivity contribution in [3.05, 3.63) is 22.4 Å². The van der Waals surface area contributed by atoms with E-state index in [0.29, 0.717) is 12.2 Å². The topological polar surface area (TPSA) is 46.5 Å². The molecule has 1 aromatic rings. The van der Waals surface area contributed by atoms with Crippen LogP contribution in [0.4, 0.5) is 0 Å². The summed E-state index contributed by atoms with van der Waals surface area (Å²) in [7, 11) is -2.80. The van der Waals surface area contributed by atoms with Gasteiger partial charge in [-0.1, -0.05) is 6.07 Å². The summed E-state index contributed by atoms with van der Waals surface area (Å²) in [6.07, 6.45) is 2.44. The number of aliphatic imine (C=N–C) groups is 1. The number of nitrogens with zero attached hydrogens (tertiary/aromatic N) is 1. The number of rotatable bonds is 2. The van der Waals surface area contributed by atoms with Crippen LogP contribution in [0.1, 0.15) is 11.3 Å². The molecule has 0 radical (unpaired) electrons. The van der Waals surface area contributed by atoms with Gasteiger partial charge < -0.3 is 0 Å². The summed E-state index contributed by atoms with van der Waals surface area (Å²) < 4.78 is 22.3. The smallest absolute Gasteiger partial charge is 0.152 e. The first-order valence-corrected chi connectivity index (χ1v) is 7.13. The minimum Gasteiger partial charge on any atom is -0.287 e. The van der Waals surface area contributed by atoms with Gasteiger partial charge in [-0.05, 0) is 17.9 Å². The predicted octanol–water partition coefficient (Wildman–Crippen LogP) is 1.35. The van der Waals surface area contributed by atoms with Crippen molar-refractivity contribution in [3.8, 4) is 0 Å². The summed E-state index contributed by atoms with van der Waals surface area (Å²) in [5.41, 5.74) is 0. The maximum atomic E-state index is 11.1. The highest BCUT2D eigenvalue weighted by Crippen LogP contribution is 2.15. The van der Waals surface area contributed by atoms with Crippen LogP contribution in [-0.4, -0.2) is 32.2 Å². The van der Waals surface area contributed by atoms with E-state index in [2.05, 4.69) is 4.99 Å². The predicted molar refractivity (Wildman–Crippen MR) is 59.0 cm³/mol. The van der Waals surface area contributed by atoms with Crippen molar-refractivity contribution in [1.29, 1.82) is 0 Å². The second-order valence-corrected chi connectivity index (χ2v) is 6.56. The van der Waals surface area contributed by atoms with Gasteiger partial charge in [0.2, 0.25) is 0 Å². The lowest BCUT2D eigenvalue weighted by atomic mass is 10.3. The summed E-state index contributed by atoms with van der Waals surface area (Å²) in [5.74, 6) is 0.508. The fraction of sp³-hybridized carbons (Fsp3) is 0.444. The van der Waals surface area contributed by atoms with Gasteiger partial charge >= 0.3 is 0 Å². The lowest BCUT2D eigenvalue weighted by molar-refractivity contribution is 0.601. The fourth-order valence-corrected chi connectivity index (χ4v) is 3.67. The Labute approximate surface area is 87.4 Å². The standard InChI is InChI=1S/C9H11NO2S2/c11-14(12)5-3-8(7-14)10-6-9-2-1-4-13-9/h1-2,4,6,8H,3,5,7H2/t8-/m0/s1. The zero-order valence-corrected chi connectivity index (χ0v) is 9.22. The first kappa shape index (κ1) is 9.86. The monoisotopic (exact) mass is 229 g/mol. The Balaban J connectivity index is 2.00. The van der Waals surface area contributed by atoms with Crippen molar-refractivity contribution in [2.24, 2.45) is 4.99 Å². The van der Waals surface area contributed by atoms with Gasteiger partial charge in [-0.25, -0.2) is 8.42 Å². The van der Waals surface area contributed by atoms with Crippen LogP contribution in [0.5, 0.6) is 0 Å². The third-order valence-electron chi connectivity index (χ3n) is 2.16. The fourth-order valence-electron chi connectivity index (χ4n) is 1.44. The molecule has 3 nitrogen and oxygen atoms in total. The highest BCUT2D eigenvalue weighted by molar-refractivity contribution is 7.91. The lowest BCUT2D eigenvalue weighted by Gasteiger charge is -1.97. The van der Waals surface area contributed by atoms with E-state index in [0.717, 1.165) is 4.88 Å². The summed E-state index contributed by atoms with van der Waals surface area (Å²) >= 11 is 1.61. The van der Waals surface area contributed by atoms with Gasteiger partial charge in [0, 0.05) is 11.1 Å². The van der Waals surface area contributed by atoms with Crippen molar-refractivity contribution < 1.29 is 8.42 Å². The second kappa shape index (κ2) is 3.82. The Morgan fingerprint density at radius 3 is 3.00 bits per heavy atom. The Kier molecular flexibility index (Phi) is 2.69. The SMILES string of the molecule is O=S1(=O)CC[C@H](N=Cc2cccs2)C1. The van der Waals surface area contributed by atoms with E-state index in [4.69, 9.17) is 0 Å². The summed E-state index contributed by atoms with van der Waals surface area (Å²) in [5, 5.41) is 1.98. The third-order valence-corrected chi connectivity index (χ3v) is 4.72. The van der Waals surface area contributed by atoms with Crippen molar-refractivity contribution in [2.45, 2.75) is 12.5 Å². The molecule has 1 aromatic heterocycles. The van der Waals surface area contributed by atoms with Crippen molar-refractivity contribution >= 4 is 27.4 Å². The average molecular weight is 229 g/mol. The van der Waals surface area contributed by atoms with Gasteiger partial charge in [-0.3, -0.25) is 4.99 Å². The number of hydrogen-bond acceptors (Lipinski definition) is 4. The number of hydrogen-bond donors (Lipinski definition) is 0. The number of thiophene rings is 1. The molecular weight excluding hydrogens is 218 g/mol. The molecule has 1 saturated heterocycles.